The van der Waals surface area contributed by atoms with Crippen LogP contribution in [-0.4, -0.2) is 37.5 Å². The Morgan fingerprint density at radius 3 is 2.45 bits per heavy atom. The molecule has 1 aromatic carbocycles. The normalized spacial score (nSPS) is 13.5. The number of aliphatic hydroxyl groups excluding tert-OH is 1. The molecule has 0 aromatic heterocycles. The Labute approximate surface area is 121 Å². The van der Waals surface area contributed by atoms with Crippen LogP contribution in [0.1, 0.15) is 32.8 Å². The molecule has 1 aromatic rings. The zero-order chi connectivity index (χ0) is 15.3. The molecule has 0 saturated heterocycles. The molecule has 20 heavy (non-hydrogen) atoms. The summed E-state index contributed by atoms with van der Waals surface area (Å²) in [5.41, 5.74) is 0.466. The summed E-state index contributed by atoms with van der Waals surface area (Å²) >= 11 is 0. The van der Waals surface area contributed by atoms with Crippen LogP contribution < -0.4 is 4.74 Å². The van der Waals surface area contributed by atoms with Gasteiger partial charge in [-0.05, 0) is 31.5 Å². The minimum atomic E-state index is -3.55. The molecule has 0 aliphatic heterocycles. The third kappa shape index (κ3) is 3.31. The van der Waals surface area contributed by atoms with Gasteiger partial charge in [0.25, 0.3) is 0 Å². The number of aliphatic hydroxyl groups is 1. The van der Waals surface area contributed by atoms with Crippen LogP contribution in [0.3, 0.4) is 0 Å². The van der Waals surface area contributed by atoms with Crippen LogP contribution in [0.2, 0.25) is 0 Å². The molecular formula is C14H23NO4S. The van der Waals surface area contributed by atoms with Gasteiger partial charge >= 0.3 is 0 Å². The van der Waals surface area contributed by atoms with E-state index in [1.54, 1.807) is 6.07 Å². The Hall–Kier alpha value is -1.11. The number of hydrogen-bond donors (Lipinski definition) is 1. The third-order valence-electron chi connectivity index (χ3n) is 3.42. The van der Waals surface area contributed by atoms with Crippen molar-refractivity contribution in [3.63, 3.8) is 0 Å². The molecule has 0 aliphatic rings. The van der Waals surface area contributed by atoms with Gasteiger partial charge in [-0.25, -0.2) is 8.42 Å². The summed E-state index contributed by atoms with van der Waals surface area (Å²) in [7, 11) is -2.07. The van der Waals surface area contributed by atoms with Gasteiger partial charge in [-0.3, -0.25) is 0 Å². The largest absolute Gasteiger partial charge is 0.496 e. The first-order valence-corrected chi connectivity index (χ1v) is 8.15. The second-order valence-corrected chi connectivity index (χ2v) is 6.49. The fourth-order valence-corrected chi connectivity index (χ4v) is 3.86. The highest BCUT2D eigenvalue weighted by Crippen LogP contribution is 2.25. The Morgan fingerprint density at radius 2 is 2.00 bits per heavy atom. The van der Waals surface area contributed by atoms with Gasteiger partial charge in [0.05, 0.1) is 18.6 Å². The lowest BCUT2D eigenvalue weighted by atomic mass is 10.2. The summed E-state index contributed by atoms with van der Waals surface area (Å²) in [6.07, 6.45) is 0.746. The lowest BCUT2D eigenvalue weighted by Gasteiger charge is -2.26. The minimum Gasteiger partial charge on any atom is -0.496 e. The second-order valence-electron chi connectivity index (χ2n) is 4.60. The highest BCUT2D eigenvalue weighted by atomic mass is 32.2. The molecule has 1 unspecified atom stereocenters. The molecular weight excluding hydrogens is 278 g/mol. The van der Waals surface area contributed by atoms with E-state index in [1.165, 1.54) is 23.5 Å². The first-order chi connectivity index (χ1) is 9.42. The lowest BCUT2D eigenvalue weighted by Crippen LogP contribution is -2.38. The van der Waals surface area contributed by atoms with Gasteiger partial charge in [0.15, 0.2) is 0 Å². The van der Waals surface area contributed by atoms with Crippen molar-refractivity contribution in [3.8, 4) is 5.75 Å². The molecule has 0 bridgehead atoms. The maximum Gasteiger partial charge on any atom is 0.243 e. The third-order valence-corrected chi connectivity index (χ3v) is 5.51. The first kappa shape index (κ1) is 16.9. The van der Waals surface area contributed by atoms with Crippen molar-refractivity contribution < 1.29 is 18.3 Å². The smallest absolute Gasteiger partial charge is 0.243 e. The number of nitrogens with zero attached hydrogens (tertiary/aromatic N) is 1. The molecule has 0 saturated carbocycles. The molecule has 114 valence electrons. The number of hydrogen-bond acceptors (Lipinski definition) is 4. The van der Waals surface area contributed by atoms with E-state index in [2.05, 4.69) is 0 Å². The van der Waals surface area contributed by atoms with E-state index in [1.807, 2.05) is 20.8 Å². The average Bonchev–Trinajstić information content (AvgIpc) is 2.46. The van der Waals surface area contributed by atoms with Crippen molar-refractivity contribution in [1.29, 1.82) is 0 Å². The quantitative estimate of drug-likeness (QED) is 0.836. The van der Waals surface area contributed by atoms with Crippen LogP contribution in [0.25, 0.3) is 0 Å². The summed E-state index contributed by atoms with van der Waals surface area (Å²) in [5.74, 6) is 0.484. The van der Waals surface area contributed by atoms with Gasteiger partial charge in [-0.15, -0.1) is 0 Å². The minimum absolute atomic E-state index is 0.0651. The van der Waals surface area contributed by atoms with Gasteiger partial charge in [0.2, 0.25) is 10.0 Å². The number of ether oxygens (including phenoxy) is 1. The zero-order valence-electron chi connectivity index (χ0n) is 12.5. The molecule has 1 rings (SSSR count). The van der Waals surface area contributed by atoms with Crippen LogP contribution in [0, 0.1) is 0 Å². The van der Waals surface area contributed by atoms with Crippen LogP contribution >= 0.6 is 0 Å². The van der Waals surface area contributed by atoms with E-state index >= 15 is 0 Å². The number of rotatable bonds is 7. The standard InChI is InChI=1S/C14H23NO4S/c1-5-11(3)15(6-2)20(17,18)13-7-8-14(19-4)12(9-13)10-16/h7-9,11,16H,5-6,10H2,1-4H3. The van der Waals surface area contributed by atoms with E-state index in [0.717, 1.165) is 6.42 Å². The average molecular weight is 301 g/mol. The molecule has 0 spiro atoms. The predicted molar refractivity (Wildman–Crippen MR) is 78.2 cm³/mol. The maximum absolute atomic E-state index is 12.6. The van der Waals surface area contributed by atoms with Crippen LogP contribution in [0.5, 0.6) is 5.75 Å². The summed E-state index contributed by atoms with van der Waals surface area (Å²) in [5, 5.41) is 9.30. The second kappa shape index (κ2) is 7.06. The van der Waals surface area contributed by atoms with E-state index in [4.69, 9.17) is 4.74 Å². The van der Waals surface area contributed by atoms with Gasteiger partial charge in [-0.1, -0.05) is 13.8 Å². The van der Waals surface area contributed by atoms with Gasteiger partial charge in [-0.2, -0.15) is 4.31 Å². The molecule has 0 fully saturated rings. The number of methoxy groups -OCH3 is 1. The maximum atomic E-state index is 12.6. The van der Waals surface area contributed by atoms with Crippen LogP contribution in [-0.2, 0) is 16.6 Å². The van der Waals surface area contributed by atoms with Crippen LogP contribution in [0.4, 0.5) is 0 Å². The lowest BCUT2D eigenvalue weighted by molar-refractivity contribution is 0.273. The van der Waals surface area contributed by atoms with Crippen LogP contribution in [0.15, 0.2) is 23.1 Å². The highest BCUT2D eigenvalue weighted by molar-refractivity contribution is 7.89. The SMILES string of the molecule is CCC(C)N(CC)S(=O)(=O)c1ccc(OC)c(CO)c1. The van der Waals surface area contributed by atoms with Crippen molar-refractivity contribution in [3.05, 3.63) is 23.8 Å². The van der Waals surface area contributed by atoms with E-state index < -0.39 is 10.0 Å². The first-order valence-electron chi connectivity index (χ1n) is 6.71. The Balaban J connectivity index is 3.27. The Morgan fingerprint density at radius 1 is 1.35 bits per heavy atom. The molecule has 1 atom stereocenters. The zero-order valence-corrected chi connectivity index (χ0v) is 13.3. The summed E-state index contributed by atoms with van der Waals surface area (Å²) in [6, 6.07) is 4.49. The molecule has 0 aliphatic carbocycles. The summed E-state index contributed by atoms with van der Waals surface area (Å²) in [6.45, 7) is 5.81. The molecule has 1 N–H and O–H groups in total. The summed E-state index contributed by atoms with van der Waals surface area (Å²) < 4.78 is 31.8. The van der Waals surface area contributed by atoms with E-state index in [9.17, 15) is 13.5 Å². The molecule has 0 heterocycles. The Kier molecular flexibility index (Phi) is 5.98. The van der Waals surface area contributed by atoms with Crippen molar-refractivity contribution in [1.82, 2.24) is 4.31 Å². The van der Waals surface area contributed by atoms with Crippen molar-refractivity contribution in [2.75, 3.05) is 13.7 Å². The molecule has 0 amide bonds. The predicted octanol–water partition coefficient (Wildman–Crippen LogP) is 2.00. The Bertz CT molecular complexity index is 542. The van der Waals surface area contributed by atoms with Gasteiger partial charge in [0.1, 0.15) is 5.75 Å². The fraction of sp³-hybridized carbons (Fsp3) is 0.571. The number of sulfonamides is 1. The van der Waals surface area contributed by atoms with Crippen molar-refractivity contribution >= 4 is 10.0 Å². The monoisotopic (exact) mass is 301 g/mol. The van der Waals surface area contributed by atoms with Crippen molar-refractivity contribution in [2.45, 2.75) is 44.7 Å². The van der Waals surface area contributed by atoms with Gasteiger partial charge in [0, 0.05) is 18.2 Å². The van der Waals surface area contributed by atoms with Gasteiger partial charge < -0.3 is 9.84 Å². The molecule has 0 radical (unpaired) electrons. The topological polar surface area (TPSA) is 66.8 Å². The van der Waals surface area contributed by atoms with Crippen molar-refractivity contribution in [2.24, 2.45) is 0 Å². The van der Waals surface area contributed by atoms with E-state index in [0.29, 0.717) is 17.9 Å². The highest BCUT2D eigenvalue weighted by Gasteiger charge is 2.27. The fourth-order valence-electron chi connectivity index (χ4n) is 2.10. The molecule has 6 heteroatoms. The number of benzene rings is 1. The molecule has 5 nitrogen and oxygen atoms in total. The van der Waals surface area contributed by atoms with E-state index in [-0.39, 0.29) is 17.5 Å². The summed E-state index contributed by atoms with van der Waals surface area (Å²) in [4.78, 5) is 0.185.